The van der Waals surface area contributed by atoms with Crippen LogP contribution in [0.3, 0.4) is 0 Å². The van der Waals surface area contributed by atoms with Crippen molar-refractivity contribution in [2.75, 3.05) is 31.5 Å². The van der Waals surface area contributed by atoms with Gasteiger partial charge >= 0.3 is 0 Å². The Morgan fingerprint density at radius 2 is 1.92 bits per heavy atom. The average Bonchev–Trinajstić information content (AvgIpc) is 3.15. The van der Waals surface area contributed by atoms with Gasteiger partial charge in [-0.05, 0) is 69.3 Å². The number of carbonyl (C=O) groups is 2. The van der Waals surface area contributed by atoms with Gasteiger partial charge in [-0.3, -0.25) is 9.59 Å². The van der Waals surface area contributed by atoms with E-state index >= 15 is 0 Å². The highest BCUT2D eigenvalue weighted by molar-refractivity contribution is 5.97. The standard InChI is InChI=1S/C19H27N3O2/c23-18(7-6-15-8-10-20-11-9-15)21-17-5-3-4-16(14-17)19(24)22-12-1-2-13-22/h3-5,14-15,20H,1-2,6-13H2,(H,21,23). The van der Waals surface area contributed by atoms with Crippen molar-refractivity contribution in [3.8, 4) is 0 Å². The molecule has 1 aromatic rings. The minimum Gasteiger partial charge on any atom is -0.339 e. The Morgan fingerprint density at radius 1 is 1.17 bits per heavy atom. The summed E-state index contributed by atoms with van der Waals surface area (Å²) in [5, 5.41) is 6.29. The molecule has 2 N–H and O–H groups in total. The number of piperidine rings is 1. The van der Waals surface area contributed by atoms with Crippen molar-refractivity contribution < 1.29 is 9.59 Å². The van der Waals surface area contributed by atoms with Crippen molar-refractivity contribution in [2.24, 2.45) is 5.92 Å². The summed E-state index contributed by atoms with van der Waals surface area (Å²) < 4.78 is 0. The molecule has 0 aliphatic carbocycles. The van der Waals surface area contributed by atoms with Crippen LogP contribution < -0.4 is 10.6 Å². The van der Waals surface area contributed by atoms with Crippen LogP contribution in [0.1, 0.15) is 48.9 Å². The molecule has 2 aliphatic heterocycles. The lowest BCUT2D eigenvalue weighted by Gasteiger charge is -2.22. The predicted octanol–water partition coefficient (Wildman–Crippen LogP) is 2.64. The second-order valence-electron chi connectivity index (χ2n) is 6.86. The highest BCUT2D eigenvalue weighted by atomic mass is 16.2. The first-order valence-electron chi connectivity index (χ1n) is 9.12. The molecule has 0 atom stereocenters. The van der Waals surface area contributed by atoms with Crippen LogP contribution in [0.5, 0.6) is 0 Å². The minimum absolute atomic E-state index is 0.0410. The van der Waals surface area contributed by atoms with Gasteiger partial charge in [0.2, 0.25) is 5.91 Å². The highest BCUT2D eigenvalue weighted by Crippen LogP contribution is 2.19. The molecular formula is C19H27N3O2. The number of benzene rings is 1. The van der Waals surface area contributed by atoms with Crippen molar-refractivity contribution in [3.05, 3.63) is 29.8 Å². The van der Waals surface area contributed by atoms with Gasteiger partial charge in [-0.2, -0.15) is 0 Å². The molecule has 0 unspecified atom stereocenters. The van der Waals surface area contributed by atoms with Crippen LogP contribution >= 0.6 is 0 Å². The zero-order chi connectivity index (χ0) is 16.8. The number of amides is 2. The number of likely N-dealkylation sites (tertiary alicyclic amines) is 1. The average molecular weight is 329 g/mol. The van der Waals surface area contributed by atoms with Crippen LogP contribution in [0.2, 0.25) is 0 Å². The molecule has 0 bridgehead atoms. The van der Waals surface area contributed by atoms with Gasteiger partial charge in [-0.25, -0.2) is 0 Å². The van der Waals surface area contributed by atoms with E-state index in [9.17, 15) is 9.59 Å². The third kappa shape index (κ3) is 4.57. The first-order valence-corrected chi connectivity index (χ1v) is 9.12. The third-order valence-electron chi connectivity index (χ3n) is 5.02. The topological polar surface area (TPSA) is 61.4 Å². The molecule has 0 radical (unpaired) electrons. The Bertz CT molecular complexity index is 576. The summed E-state index contributed by atoms with van der Waals surface area (Å²) in [6.45, 7) is 3.80. The van der Waals surface area contributed by atoms with Crippen molar-refractivity contribution in [1.29, 1.82) is 0 Å². The molecule has 2 fully saturated rings. The molecular weight excluding hydrogens is 302 g/mol. The van der Waals surface area contributed by atoms with Crippen LogP contribution in [0.15, 0.2) is 24.3 Å². The number of hydrogen-bond donors (Lipinski definition) is 2. The van der Waals surface area contributed by atoms with E-state index in [0.29, 0.717) is 17.9 Å². The van der Waals surface area contributed by atoms with Crippen LogP contribution in [0.25, 0.3) is 0 Å². The maximum absolute atomic E-state index is 12.4. The summed E-state index contributed by atoms with van der Waals surface area (Å²) in [4.78, 5) is 26.5. The number of rotatable bonds is 5. The Balaban J connectivity index is 1.51. The fourth-order valence-corrected chi connectivity index (χ4v) is 3.56. The molecule has 0 spiro atoms. The van der Waals surface area contributed by atoms with Gasteiger partial charge in [0.25, 0.3) is 5.91 Å². The minimum atomic E-state index is 0.0410. The van der Waals surface area contributed by atoms with Crippen molar-refractivity contribution in [3.63, 3.8) is 0 Å². The molecule has 130 valence electrons. The summed E-state index contributed by atoms with van der Waals surface area (Å²) >= 11 is 0. The van der Waals surface area contributed by atoms with E-state index < -0.39 is 0 Å². The van der Waals surface area contributed by atoms with E-state index in [2.05, 4.69) is 10.6 Å². The Hall–Kier alpha value is -1.88. The summed E-state index contributed by atoms with van der Waals surface area (Å²) in [5.74, 6) is 0.762. The van der Waals surface area contributed by atoms with Gasteiger partial charge in [0.1, 0.15) is 0 Å². The summed E-state index contributed by atoms with van der Waals surface area (Å²) in [7, 11) is 0. The normalized spacial score (nSPS) is 18.6. The van der Waals surface area contributed by atoms with E-state index in [1.807, 2.05) is 23.1 Å². The molecule has 0 aromatic heterocycles. The quantitative estimate of drug-likeness (QED) is 0.873. The van der Waals surface area contributed by atoms with Crippen LogP contribution in [0, 0.1) is 5.92 Å². The predicted molar refractivity (Wildman–Crippen MR) is 95.0 cm³/mol. The van der Waals surface area contributed by atoms with E-state index in [4.69, 9.17) is 0 Å². The molecule has 5 heteroatoms. The van der Waals surface area contributed by atoms with Gasteiger partial charge in [0.15, 0.2) is 0 Å². The first kappa shape index (κ1) is 17.0. The van der Waals surface area contributed by atoms with Crippen LogP contribution in [-0.2, 0) is 4.79 Å². The zero-order valence-corrected chi connectivity index (χ0v) is 14.2. The van der Waals surface area contributed by atoms with Gasteiger partial charge in [-0.15, -0.1) is 0 Å². The van der Waals surface area contributed by atoms with Crippen LogP contribution in [-0.4, -0.2) is 42.9 Å². The monoisotopic (exact) mass is 329 g/mol. The van der Waals surface area contributed by atoms with E-state index in [1.54, 1.807) is 6.07 Å². The number of hydrogen-bond acceptors (Lipinski definition) is 3. The highest BCUT2D eigenvalue weighted by Gasteiger charge is 2.20. The molecule has 2 aliphatic rings. The smallest absolute Gasteiger partial charge is 0.253 e. The maximum atomic E-state index is 12.4. The lowest BCUT2D eigenvalue weighted by Crippen LogP contribution is -2.28. The molecule has 2 saturated heterocycles. The Morgan fingerprint density at radius 3 is 2.67 bits per heavy atom. The molecule has 1 aromatic carbocycles. The van der Waals surface area contributed by atoms with Gasteiger partial charge in [-0.1, -0.05) is 6.07 Å². The molecule has 0 saturated carbocycles. The van der Waals surface area contributed by atoms with E-state index in [0.717, 1.165) is 64.0 Å². The first-order chi connectivity index (χ1) is 11.7. The lowest BCUT2D eigenvalue weighted by molar-refractivity contribution is -0.116. The number of nitrogens with one attached hydrogen (secondary N) is 2. The molecule has 2 heterocycles. The fourth-order valence-electron chi connectivity index (χ4n) is 3.56. The Kier molecular flexibility index (Phi) is 5.86. The van der Waals surface area contributed by atoms with Gasteiger partial charge in [0.05, 0.1) is 0 Å². The summed E-state index contributed by atoms with van der Waals surface area (Å²) in [6, 6.07) is 7.31. The van der Waals surface area contributed by atoms with Crippen molar-refractivity contribution in [2.45, 2.75) is 38.5 Å². The molecule has 2 amide bonds. The second kappa shape index (κ2) is 8.29. The molecule has 3 rings (SSSR count). The SMILES string of the molecule is O=C(CCC1CCNCC1)Nc1cccc(C(=O)N2CCCC2)c1. The summed E-state index contributed by atoms with van der Waals surface area (Å²) in [6.07, 6.45) is 5.98. The zero-order valence-electron chi connectivity index (χ0n) is 14.2. The lowest BCUT2D eigenvalue weighted by atomic mass is 9.93. The largest absolute Gasteiger partial charge is 0.339 e. The van der Waals surface area contributed by atoms with E-state index in [1.165, 1.54) is 0 Å². The van der Waals surface area contributed by atoms with E-state index in [-0.39, 0.29) is 11.8 Å². The maximum Gasteiger partial charge on any atom is 0.253 e. The van der Waals surface area contributed by atoms with Gasteiger partial charge < -0.3 is 15.5 Å². The third-order valence-corrected chi connectivity index (χ3v) is 5.02. The molecule has 24 heavy (non-hydrogen) atoms. The number of anilines is 1. The number of carbonyl (C=O) groups excluding carboxylic acids is 2. The second-order valence-corrected chi connectivity index (χ2v) is 6.86. The van der Waals surface area contributed by atoms with Crippen LogP contribution in [0.4, 0.5) is 5.69 Å². The fraction of sp³-hybridized carbons (Fsp3) is 0.579. The van der Waals surface area contributed by atoms with Gasteiger partial charge in [0, 0.05) is 30.8 Å². The summed E-state index contributed by atoms with van der Waals surface area (Å²) in [5.41, 5.74) is 1.38. The van der Waals surface area contributed by atoms with Crippen molar-refractivity contribution in [1.82, 2.24) is 10.2 Å². The van der Waals surface area contributed by atoms with Crippen molar-refractivity contribution >= 4 is 17.5 Å². The Labute approximate surface area is 143 Å². The number of nitrogens with zero attached hydrogens (tertiary/aromatic N) is 1. The molecule has 5 nitrogen and oxygen atoms in total.